The van der Waals surface area contributed by atoms with Crippen molar-refractivity contribution in [3.05, 3.63) is 46.8 Å². The lowest BCUT2D eigenvalue weighted by atomic mass is 9.98. The monoisotopic (exact) mass is 246 g/mol. The largest absolute Gasteiger partial charge is 0.496 e. The fraction of sp³-hybridized carbons (Fsp3) is 0.357. The fourth-order valence-corrected chi connectivity index (χ4v) is 2.06. The molecule has 0 aliphatic carbocycles. The number of aliphatic hydroxyl groups is 1. The maximum Gasteiger partial charge on any atom is 0.128 e. The molecule has 2 rings (SSSR count). The van der Waals surface area contributed by atoms with E-state index < -0.39 is 6.10 Å². The van der Waals surface area contributed by atoms with E-state index in [-0.39, 0.29) is 0 Å². The minimum Gasteiger partial charge on any atom is -0.496 e. The van der Waals surface area contributed by atoms with Crippen LogP contribution in [0.3, 0.4) is 0 Å². The summed E-state index contributed by atoms with van der Waals surface area (Å²) in [5.41, 5.74) is 3.74. The lowest BCUT2D eigenvalue weighted by molar-refractivity contribution is 0.214. The number of methoxy groups -OCH3 is 1. The van der Waals surface area contributed by atoms with E-state index in [1.54, 1.807) is 24.2 Å². The molecule has 0 radical (unpaired) electrons. The minimum atomic E-state index is -0.715. The van der Waals surface area contributed by atoms with Gasteiger partial charge in [0.2, 0.25) is 0 Å². The van der Waals surface area contributed by atoms with Gasteiger partial charge in [-0.05, 0) is 25.0 Å². The van der Waals surface area contributed by atoms with Crippen molar-refractivity contribution in [3.8, 4) is 5.75 Å². The maximum atomic E-state index is 10.4. The summed E-state index contributed by atoms with van der Waals surface area (Å²) in [5, 5.41) is 14.5. The molecule has 0 bridgehead atoms. The SMILES string of the molecule is COc1c(C(O)c2cnn(C)c2)ccc(C)c1C. The van der Waals surface area contributed by atoms with Gasteiger partial charge >= 0.3 is 0 Å². The molecule has 1 aromatic carbocycles. The molecule has 0 aliphatic heterocycles. The van der Waals surface area contributed by atoms with Gasteiger partial charge in [-0.3, -0.25) is 4.68 Å². The molecule has 4 heteroatoms. The number of rotatable bonds is 3. The predicted molar refractivity (Wildman–Crippen MR) is 69.7 cm³/mol. The maximum absolute atomic E-state index is 10.4. The topological polar surface area (TPSA) is 47.3 Å². The Labute approximate surface area is 107 Å². The first kappa shape index (κ1) is 12.6. The van der Waals surface area contributed by atoms with Gasteiger partial charge in [0.05, 0.1) is 13.3 Å². The Bertz CT molecular complexity index is 561. The van der Waals surface area contributed by atoms with Crippen molar-refractivity contribution in [2.75, 3.05) is 7.11 Å². The summed E-state index contributed by atoms with van der Waals surface area (Å²) in [6.07, 6.45) is 2.76. The molecule has 0 saturated carbocycles. The van der Waals surface area contributed by atoms with Gasteiger partial charge in [0.15, 0.2) is 0 Å². The molecule has 2 aromatic rings. The van der Waals surface area contributed by atoms with Crippen molar-refractivity contribution >= 4 is 0 Å². The van der Waals surface area contributed by atoms with Crippen LogP contribution in [-0.2, 0) is 7.05 Å². The standard InChI is InChI=1S/C14H18N2O2/c1-9-5-6-12(14(18-4)10(9)2)13(17)11-7-15-16(3)8-11/h5-8,13,17H,1-4H3. The first-order valence-electron chi connectivity index (χ1n) is 5.85. The molecule has 0 aliphatic rings. The van der Waals surface area contributed by atoms with E-state index in [4.69, 9.17) is 4.74 Å². The van der Waals surface area contributed by atoms with Crippen LogP contribution in [0.25, 0.3) is 0 Å². The summed E-state index contributed by atoms with van der Waals surface area (Å²) < 4.78 is 7.09. The molecule has 4 nitrogen and oxygen atoms in total. The quantitative estimate of drug-likeness (QED) is 0.902. The zero-order valence-electron chi connectivity index (χ0n) is 11.1. The number of benzene rings is 1. The van der Waals surface area contributed by atoms with Gasteiger partial charge in [-0.1, -0.05) is 12.1 Å². The van der Waals surface area contributed by atoms with Crippen molar-refractivity contribution in [2.24, 2.45) is 7.05 Å². The Balaban J connectivity index is 2.48. The number of aliphatic hydroxyl groups excluding tert-OH is 1. The lowest BCUT2D eigenvalue weighted by Crippen LogP contribution is -2.04. The second-order valence-electron chi connectivity index (χ2n) is 4.48. The van der Waals surface area contributed by atoms with E-state index >= 15 is 0 Å². The molecule has 0 saturated heterocycles. The average molecular weight is 246 g/mol. The van der Waals surface area contributed by atoms with Gasteiger partial charge in [0, 0.05) is 24.4 Å². The number of hydrogen-bond acceptors (Lipinski definition) is 3. The molecule has 0 fully saturated rings. The fourth-order valence-electron chi connectivity index (χ4n) is 2.06. The highest BCUT2D eigenvalue weighted by molar-refractivity contribution is 5.48. The van der Waals surface area contributed by atoms with Gasteiger partial charge in [-0.15, -0.1) is 0 Å². The van der Waals surface area contributed by atoms with Crippen molar-refractivity contribution in [1.29, 1.82) is 0 Å². The van der Waals surface area contributed by atoms with Crippen molar-refractivity contribution in [2.45, 2.75) is 20.0 Å². The van der Waals surface area contributed by atoms with Crippen LogP contribution in [0.15, 0.2) is 24.5 Å². The van der Waals surface area contributed by atoms with E-state index in [0.29, 0.717) is 0 Å². The Morgan fingerprint density at radius 3 is 2.61 bits per heavy atom. The van der Waals surface area contributed by atoms with Crippen LogP contribution in [0, 0.1) is 13.8 Å². The highest BCUT2D eigenvalue weighted by Crippen LogP contribution is 2.33. The van der Waals surface area contributed by atoms with Crippen molar-refractivity contribution in [1.82, 2.24) is 9.78 Å². The van der Waals surface area contributed by atoms with Crippen LogP contribution in [-0.4, -0.2) is 22.0 Å². The molecule has 0 spiro atoms. The first-order valence-corrected chi connectivity index (χ1v) is 5.85. The highest BCUT2D eigenvalue weighted by Gasteiger charge is 2.18. The van der Waals surface area contributed by atoms with Gasteiger partial charge in [0.1, 0.15) is 11.9 Å². The molecular formula is C14H18N2O2. The molecule has 1 atom stereocenters. The predicted octanol–water partition coefficient (Wildman–Crippen LogP) is 2.13. The average Bonchev–Trinajstić information content (AvgIpc) is 2.78. The van der Waals surface area contributed by atoms with Crippen LogP contribution < -0.4 is 4.74 Å². The smallest absolute Gasteiger partial charge is 0.128 e. The third-order valence-electron chi connectivity index (χ3n) is 3.25. The second kappa shape index (κ2) is 4.82. The van der Waals surface area contributed by atoms with Crippen molar-refractivity contribution < 1.29 is 9.84 Å². The number of aromatic nitrogens is 2. The minimum absolute atomic E-state index is 0.715. The van der Waals surface area contributed by atoms with E-state index in [9.17, 15) is 5.11 Å². The molecule has 0 amide bonds. The van der Waals surface area contributed by atoms with Gasteiger partial charge < -0.3 is 9.84 Å². The van der Waals surface area contributed by atoms with Crippen LogP contribution in [0.4, 0.5) is 0 Å². The van der Waals surface area contributed by atoms with Gasteiger partial charge in [0.25, 0.3) is 0 Å². The third-order valence-corrected chi connectivity index (χ3v) is 3.25. The Hall–Kier alpha value is -1.81. The number of hydrogen-bond donors (Lipinski definition) is 1. The number of nitrogens with zero attached hydrogens (tertiary/aromatic N) is 2. The van der Waals surface area contributed by atoms with E-state index in [1.807, 2.05) is 33.0 Å². The molecule has 1 unspecified atom stereocenters. The Kier molecular flexibility index (Phi) is 3.39. The van der Waals surface area contributed by atoms with Crippen LogP contribution in [0.5, 0.6) is 5.75 Å². The third kappa shape index (κ3) is 2.11. The molecule has 18 heavy (non-hydrogen) atoms. The Morgan fingerprint density at radius 1 is 1.33 bits per heavy atom. The van der Waals surface area contributed by atoms with Gasteiger partial charge in [-0.25, -0.2) is 0 Å². The normalized spacial score (nSPS) is 12.5. The first-order chi connectivity index (χ1) is 8.54. The van der Waals surface area contributed by atoms with Crippen molar-refractivity contribution in [3.63, 3.8) is 0 Å². The summed E-state index contributed by atoms with van der Waals surface area (Å²) >= 11 is 0. The summed E-state index contributed by atoms with van der Waals surface area (Å²) in [5.74, 6) is 0.742. The van der Waals surface area contributed by atoms with Crippen LogP contribution in [0.1, 0.15) is 28.4 Å². The lowest BCUT2D eigenvalue weighted by Gasteiger charge is -2.17. The van der Waals surface area contributed by atoms with Gasteiger partial charge in [-0.2, -0.15) is 5.10 Å². The molecule has 1 N–H and O–H groups in total. The van der Waals surface area contributed by atoms with Crippen LogP contribution in [0.2, 0.25) is 0 Å². The summed E-state index contributed by atoms with van der Waals surface area (Å²) in [4.78, 5) is 0. The van der Waals surface area contributed by atoms with Crippen LogP contribution >= 0.6 is 0 Å². The molecule has 1 heterocycles. The zero-order chi connectivity index (χ0) is 13.3. The molecular weight excluding hydrogens is 228 g/mol. The van der Waals surface area contributed by atoms with E-state index in [2.05, 4.69) is 5.10 Å². The number of aryl methyl sites for hydroxylation is 2. The molecule has 1 aromatic heterocycles. The summed E-state index contributed by atoms with van der Waals surface area (Å²) in [6, 6.07) is 3.89. The summed E-state index contributed by atoms with van der Waals surface area (Å²) in [6.45, 7) is 4.02. The number of ether oxygens (including phenoxy) is 1. The van der Waals surface area contributed by atoms with E-state index in [1.165, 1.54) is 0 Å². The molecule has 96 valence electrons. The van der Waals surface area contributed by atoms with E-state index in [0.717, 1.165) is 28.0 Å². The highest BCUT2D eigenvalue weighted by atomic mass is 16.5. The second-order valence-corrected chi connectivity index (χ2v) is 4.48. The zero-order valence-corrected chi connectivity index (χ0v) is 11.1. The Morgan fingerprint density at radius 2 is 2.06 bits per heavy atom. The summed E-state index contributed by atoms with van der Waals surface area (Å²) in [7, 11) is 3.45.